The second kappa shape index (κ2) is 8.49. The molecule has 1 saturated heterocycles. The summed E-state index contributed by atoms with van der Waals surface area (Å²) in [5.41, 5.74) is 1.07. The number of nitrogens with one attached hydrogen (secondary N) is 1. The monoisotopic (exact) mass is 415 g/mol. The fourth-order valence-corrected chi connectivity index (χ4v) is 5.18. The van der Waals surface area contributed by atoms with Crippen LogP contribution in [0, 0.1) is 0 Å². The van der Waals surface area contributed by atoms with Crippen molar-refractivity contribution in [2.75, 3.05) is 25.5 Å². The largest absolute Gasteiger partial charge is 0.389 e. The number of carbonyl (C=O) groups is 2. The summed E-state index contributed by atoms with van der Waals surface area (Å²) in [6.45, 7) is 3.41. The van der Waals surface area contributed by atoms with Crippen molar-refractivity contribution in [1.82, 2.24) is 19.8 Å². The lowest BCUT2D eigenvalue weighted by molar-refractivity contribution is -0.139. The fourth-order valence-electron chi connectivity index (χ4n) is 5.18. The number of amides is 2. The lowest BCUT2D eigenvalue weighted by atomic mass is 9.82. The number of likely N-dealkylation sites (tertiary alicyclic amines) is 1. The zero-order chi connectivity index (χ0) is 21.3. The molecule has 0 bridgehead atoms. The van der Waals surface area contributed by atoms with Crippen molar-refractivity contribution in [2.45, 2.75) is 82.9 Å². The average Bonchev–Trinajstić information content (AvgIpc) is 3.22. The van der Waals surface area contributed by atoms with E-state index in [0.717, 1.165) is 55.6 Å². The maximum Gasteiger partial charge on any atom is 0.226 e. The lowest BCUT2D eigenvalue weighted by Crippen LogP contribution is -2.41. The van der Waals surface area contributed by atoms with Gasteiger partial charge in [-0.25, -0.2) is 9.97 Å². The second-order valence-corrected chi connectivity index (χ2v) is 9.00. The van der Waals surface area contributed by atoms with Crippen molar-refractivity contribution in [1.29, 1.82) is 0 Å². The Morgan fingerprint density at radius 2 is 1.93 bits per heavy atom. The van der Waals surface area contributed by atoms with Crippen LogP contribution < -0.4 is 5.32 Å². The van der Waals surface area contributed by atoms with Gasteiger partial charge in [-0.3, -0.25) is 9.59 Å². The standard InChI is InChI=1S/C22H33N5O3/c1-15(28)26-12-8-16-17(14-26)24-21(25-20(16)23-2)18-7-6-11-27(18)19(29)13-22(30)9-4-3-5-10-22/h18,30H,3-14H2,1-2H3,(H,23,24,25). The third-order valence-corrected chi connectivity index (χ3v) is 6.90. The zero-order valence-electron chi connectivity index (χ0n) is 18.1. The van der Waals surface area contributed by atoms with Crippen LogP contribution >= 0.6 is 0 Å². The van der Waals surface area contributed by atoms with Crippen LogP contribution in [0.4, 0.5) is 5.82 Å². The highest BCUT2D eigenvalue weighted by Gasteiger charge is 2.38. The average molecular weight is 416 g/mol. The summed E-state index contributed by atoms with van der Waals surface area (Å²) in [7, 11) is 1.85. The molecule has 2 amide bonds. The minimum Gasteiger partial charge on any atom is -0.389 e. The summed E-state index contributed by atoms with van der Waals surface area (Å²) in [6, 6.07) is -0.171. The van der Waals surface area contributed by atoms with Gasteiger partial charge in [0.15, 0.2) is 5.82 Å². The van der Waals surface area contributed by atoms with Crippen molar-refractivity contribution >= 4 is 17.6 Å². The normalized spacial score (nSPS) is 23.2. The fraction of sp³-hybridized carbons (Fsp3) is 0.727. The molecule has 164 valence electrons. The van der Waals surface area contributed by atoms with Gasteiger partial charge in [-0.1, -0.05) is 19.3 Å². The molecule has 2 N–H and O–H groups in total. The number of anilines is 1. The zero-order valence-corrected chi connectivity index (χ0v) is 18.1. The molecule has 3 heterocycles. The highest BCUT2D eigenvalue weighted by molar-refractivity contribution is 5.78. The van der Waals surface area contributed by atoms with Crippen molar-refractivity contribution in [3.63, 3.8) is 0 Å². The minimum absolute atomic E-state index is 0.000379. The van der Waals surface area contributed by atoms with E-state index in [1.807, 2.05) is 11.9 Å². The topological polar surface area (TPSA) is 98.7 Å². The first-order valence-corrected chi connectivity index (χ1v) is 11.2. The molecule has 3 aliphatic rings. The molecule has 8 nitrogen and oxygen atoms in total. The van der Waals surface area contributed by atoms with E-state index in [9.17, 15) is 14.7 Å². The Hall–Kier alpha value is -2.22. The van der Waals surface area contributed by atoms with Gasteiger partial charge in [0.2, 0.25) is 11.8 Å². The number of hydrogen-bond donors (Lipinski definition) is 2. The number of rotatable bonds is 4. The Bertz CT molecular complexity index is 821. The first kappa shape index (κ1) is 21.0. The molecule has 1 atom stereocenters. The molecule has 1 unspecified atom stereocenters. The summed E-state index contributed by atoms with van der Waals surface area (Å²) in [6.07, 6.45) is 7.16. The van der Waals surface area contributed by atoms with Crippen LogP contribution in [0.5, 0.6) is 0 Å². The predicted octanol–water partition coefficient (Wildman–Crippen LogP) is 2.17. The van der Waals surface area contributed by atoms with Crippen molar-refractivity contribution in [3.8, 4) is 0 Å². The van der Waals surface area contributed by atoms with Crippen molar-refractivity contribution < 1.29 is 14.7 Å². The van der Waals surface area contributed by atoms with E-state index >= 15 is 0 Å². The van der Waals surface area contributed by atoms with Gasteiger partial charge in [0.05, 0.1) is 30.3 Å². The van der Waals surface area contributed by atoms with E-state index in [1.54, 1.807) is 11.8 Å². The maximum atomic E-state index is 13.1. The Morgan fingerprint density at radius 3 is 2.63 bits per heavy atom. The molecule has 30 heavy (non-hydrogen) atoms. The van der Waals surface area contributed by atoms with Crippen molar-refractivity contribution in [3.05, 3.63) is 17.1 Å². The number of carbonyl (C=O) groups excluding carboxylic acids is 2. The highest BCUT2D eigenvalue weighted by atomic mass is 16.3. The van der Waals surface area contributed by atoms with Gasteiger partial charge in [0, 0.05) is 32.6 Å². The van der Waals surface area contributed by atoms with E-state index in [0.29, 0.717) is 38.3 Å². The molecule has 4 rings (SSSR count). The van der Waals surface area contributed by atoms with Crippen LogP contribution in [0.2, 0.25) is 0 Å². The molecule has 2 fully saturated rings. The summed E-state index contributed by atoms with van der Waals surface area (Å²) in [5.74, 6) is 1.48. The molecule has 0 spiro atoms. The number of hydrogen-bond acceptors (Lipinski definition) is 6. The Morgan fingerprint density at radius 1 is 1.17 bits per heavy atom. The first-order chi connectivity index (χ1) is 14.4. The van der Waals surface area contributed by atoms with Crippen LogP contribution in [0.25, 0.3) is 0 Å². The van der Waals surface area contributed by atoms with E-state index in [1.165, 1.54) is 0 Å². The molecule has 2 aliphatic heterocycles. The summed E-state index contributed by atoms with van der Waals surface area (Å²) in [5, 5.41) is 14.0. The minimum atomic E-state index is -0.864. The van der Waals surface area contributed by atoms with Gasteiger partial charge in [-0.2, -0.15) is 0 Å². The third-order valence-electron chi connectivity index (χ3n) is 6.90. The van der Waals surface area contributed by atoms with E-state index < -0.39 is 5.60 Å². The summed E-state index contributed by atoms with van der Waals surface area (Å²) in [4.78, 5) is 38.2. The number of aromatic nitrogens is 2. The molecular formula is C22H33N5O3. The molecule has 1 saturated carbocycles. The molecular weight excluding hydrogens is 382 g/mol. The SMILES string of the molecule is CNc1nc(C2CCCN2C(=O)CC2(O)CCCCC2)nc2c1CCN(C(C)=O)C2. The Kier molecular flexibility index (Phi) is 5.95. The van der Waals surface area contributed by atoms with E-state index in [4.69, 9.17) is 9.97 Å². The first-order valence-electron chi connectivity index (χ1n) is 11.2. The third kappa shape index (κ3) is 4.15. The molecule has 8 heteroatoms. The van der Waals surface area contributed by atoms with Crippen LogP contribution in [0.3, 0.4) is 0 Å². The van der Waals surface area contributed by atoms with E-state index in [-0.39, 0.29) is 24.3 Å². The maximum absolute atomic E-state index is 13.1. The quantitative estimate of drug-likeness (QED) is 0.782. The van der Waals surface area contributed by atoms with Crippen LogP contribution in [0.1, 0.15) is 81.4 Å². The lowest BCUT2D eigenvalue weighted by Gasteiger charge is -2.34. The van der Waals surface area contributed by atoms with Crippen LogP contribution in [-0.4, -0.2) is 62.4 Å². The molecule has 0 radical (unpaired) electrons. The number of fused-ring (bicyclic) bond motifs is 1. The van der Waals surface area contributed by atoms with Gasteiger partial charge in [0.25, 0.3) is 0 Å². The van der Waals surface area contributed by atoms with Gasteiger partial charge >= 0.3 is 0 Å². The smallest absolute Gasteiger partial charge is 0.226 e. The van der Waals surface area contributed by atoms with Crippen LogP contribution in [-0.2, 0) is 22.6 Å². The Labute approximate surface area is 178 Å². The van der Waals surface area contributed by atoms with Crippen molar-refractivity contribution in [2.24, 2.45) is 0 Å². The molecule has 1 aromatic rings. The predicted molar refractivity (Wildman–Crippen MR) is 113 cm³/mol. The summed E-state index contributed by atoms with van der Waals surface area (Å²) < 4.78 is 0. The van der Waals surface area contributed by atoms with Gasteiger partial charge < -0.3 is 20.2 Å². The van der Waals surface area contributed by atoms with Crippen LogP contribution in [0.15, 0.2) is 0 Å². The number of aliphatic hydroxyl groups is 1. The van der Waals surface area contributed by atoms with Gasteiger partial charge in [-0.05, 0) is 32.1 Å². The molecule has 0 aromatic carbocycles. The Balaban J connectivity index is 1.57. The van der Waals surface area contributed by atoms with Gasteiger partial charge in [-0.15, -0.1) is 0 Å². The number of nitrogens with zero attached hydrogens (tertiary/aromatic N) is 4. The summed E-state index contributed by atoms with van der Waals surface area (Å²) >= 11 is 0. The molecule has 1 aromatic heterocycles. The van der Waals surface area contributed by atoms with E-state index in [2.05, 4.69) is 5.32 Å². The van der Waals surface area contributed by atoms with Gasteiger partial charge in [0.1, 0.15) is 5.82 Å². The molecule has 1 aliphatic carbocycles. The second-order valence-electron chi connectivity index (χ2n) is 9.00. The highest BCUT2D eigenvalue weighted by Crippen LogP contribution is 2.36.